The van der Waals surface area contributed by atoms with Crippen LogP contribution in [0.3, 0.4) is 0 Å². The van der Waals surface area contributed by atoms with Gasteiger partial charge in [0.15, 0.2) is 5.84 Å². The average Bonchev–Trinajstić information content (AvgIpc) is 2.44. The van der Waals surface area contributed by atoms with Crippen LogP contribution in [-0.4, -0.2) is 33.4 Å². The molecule has 1 amide bonds. The quantitative estimate of drug-likeness (QED) is 0.362. The summed E-state index contributed by atoms with van der Waals surface area (Å²) in [6, 6.07) is 5.55. The molecule has 0 saturated heterocycles. The zero-order valence-corrected chi connectivity index (χ0v) is 11.5. The molecule has 0 aromatic carbocycles. The van der Waals surface area contributed by atoms with Crippen molar-refractivity contribution in [2.45, 2.75) is 27.3 Å². The molecular formula is C13H20N4O2. The number of amides is 1. The maximum atomic E-state index is 12.4. The van der Waals surface area contributed by atoms with Crippen molar-refractivity contribution < 1.29 is 10.0 Å². The summed E-state index contributed by atoms with van der Waals surface area (Å²) in [5, 5.41) is 11.7. The number of carbonyl (C=O) groups excluding carboxylic acids is 1. The van der Waals surface area contributed by atoms with E-state index in [1.54, 1.807) is 24.9 Å². The fourth-order valence-corrected chi connectivity index (χ4v) is 1.64. The van der Waals surface area contributed by atoms with E-state index in [1.807, 2.05) is 25.1 Å². The molecule has 0 bridgehead atoms. The minimum absolute atomic E-state index is 0.100. The van der Waals surface area contributed by atoms with E-state index in [1.165, 1.54) is 0 Å². The molecule has 19 heavy (non-hydrogen) atoms. The molecule has 0 aliphatic rings. The maximum absolute atomic E-state index is 12.4. The maximum Gasteiger partial charge on any atom is 0.236 e. The number of nitrogens with zero attached hydrogens (tertiary/aromatic N) is 3. The summed E-state index contributed by atoms with van der Waals surface area (Å²) in [6.07, 6.45) is 1.68. The van der Waals surface area contributed by atoms with Crippen LogP contribution in [0.4, 0.5) is 0 Å². The summed E-state index contributed by atoms with van der Waals surface area (Å²) in [5.41, 5.74) is 5.33. The van der Waals surface area contributed by atoms with Crippen LogP contribution in [0.15, 0.2) is 29.6 Å². The normalized spacial score (nSPS) is 12.3. The second-order valence-corrected chi connectivity index (χ2v) is 4.75. The Hall–Kier alpha value is -2.11. The van der Waals surface area contributed by atoms with Crippen LogP contribution < -0.4 is 5.73 Å². The predicted octanol–water partition coefficient (Wildman–Crippen LogP) is 1.20. The van der Waals surface area contributed by atoms with Crippen LogP contribution in [0.5, 0.6) is 0 Å². The number of nitrogens with two attached hydrogens (primary N) is 1. The van der Waals surface area contributed by atoms with E-state index in [0.29, 0.717) is 13.1 Å². The van der Waals surface area contributed by atoms with Crippen LogP contribution in [0.25, 0.3) is 0 Å². The number of pyridine rings is 1. The smallest absolute Gasteiger partial charge is 0.236 e. The fraction of sp³-hybridized carbons (Fsp3) is 0.462. The van der Waals surface area contributed by atoms with E-state index >= 15 is 0 Å². The number of amidine groups is 1. The van der Waals surface area contributed by atoms with Gasteiger partial charge in [-0.2, -0.15) is 0 Å². The van der Waals surface area contributed by atoms with Gasteiger partial charge in [0.05, 0.1) is 12.2 Å². The molecule has 1 rings (SSSR count). The first-order valence-electron chi connectivity index (χ1n) is 6.10. The van der Waals surface area contributed by atoms with Gasteiger partial charge < -0.3 is 15.8 Å². The molecule has 1 heterocycles. The lowest BCUT2D eigenvalue weighted by molar-refractivity contribution is -0.137. The molecule has 0 saturated carbocycles. The largest absolute Gasteiger partial charge is 0.409 e. The van der Waals surface area contributed by atoms with Crippen LogP contribution in [0, 0.1) is 5.41 Å². The molecule has 3 N–H and O–H groups in total. The fourth-order valence-electron chi connectivity index (χ4n) is 1.64. The molecule has 6 heteroatoms. The zero-order chi connectivity index (χ0) is 14.5. The lowest BCUT2D eigenvalue weighted by Crippen LogP contribution is -2.47. The first-order valence-corrected chi connectivity index (χ1v) is 6.10. The summed E-state index contributed by atoms with van der Waals surface area (Å²) in [4.78, 5) is 18.2. The molecule has 0 radical (unpaired) electrons. The Morgan fingerprint density at radius 2 is 2.21 bits per heavy atom. The predicted molar refractivity (Wildman–Crippen MR) is 72.5 cm³/mol. The molecule has 6 nitrogen and oxygen atoms in total. The van der Waals surface area contributed by atoms with E-state index < -0.39 is 5.41 Å². The Balaban J connectivity index is 2.89. The third-order valence-corrected chi connectivity index (χ3v) is 3.03. The van der Waals surface area contributed by atoms with Crippen molar-refractivity contribution in [2.24, 2.45) is 16.3 Å². The van der Waals surface area contributed by atoms with Crippen LogP contribution >= 0.6 is 0 Å². The Labute approximate surface area is 112 Å². The summed E-state index contributed by atoms with van der Waals surface area (Å²) in [5.74, 6) is -0.298. The molecule has 0 fully saturated rings. The molecule has 0 aliphatic carbocycles. The highest BCUT2D eigenvalue weighted by Crippen LogP contribution is 2.20. The standard InChI is InChI=1S/C13H20N4O2/c1-4-17(9-10-7-5-6-8-15-10)12(18)13(2,3)11(14)16-19/h5-8,19H,4,9H2,1-3H3,(H2,14,16). The number of rotatable bonds is 5. The van der Waals surface area contributed by atoms with Crippen LogP contribution in [-0.2, 0) is 11.3 Å². The van der Waals surface area contributed by atoms with Crippen LogP contribution in [0.2, 0.25) is 0 Å². The summed E-state index contributed by atoms with van der Waals surface area (Å²) in [7, 11) is 0. The van der Waals surface area contributed by atoms with Gasteiger partial charge in [0, 0.05) is 12.7 Å². The third-order valence-electron chi connectivity index (χ3n) is 3.03. The Kier molecular flexibility index (Phi) is 4.86. The number of hydrogen-bond donors (Lipinski definition) is 2. The Morgan fingerprint density at radius 1 is 1.53 bits per heavy atom. The lowest BCUT2D eigenvalue weighted by Gasteiger charge is -2.30. The topological polar surface area (TPSA) is 91.8 Å². The number of carbonyl (C=O) groups is 1. The lowest BCUT2D eigenvalue weighted by atomic mass is 9.90. The van der Waals surface area contributed by atoms with E-state index in [4.69, 9.17) is 10.9 Å². The highest BCUT2D eigenvalue weighted by Gasteiger charge is 2.36. The van der Waals surface area contributed by atoms with Gasteiger partial charge in [0.2, 0.25) is 5.91 Å². The zero-order valence-electron chi connectivity index (χ0n) is 11.5. The summed E-state index contributed by atoms with van der Waals surface area (Å²) in [6.45, 7) is 6.07. The molecule has 0 unspecified atom stereocenters. The van der Waals surface area contributed by atoms with Crippen molar-refractivity contribution in [1.29, 1.82) is 0 Å². The minimum Gasteiger partial charge on any atom is -0.409 e. The van der Waals surface area contributed by atoms with Gasteiger partial charge in [-0.3, -0.25) is 9.78 Å². The van der Waals surface area contributed by atoms with Gasteiger partial charge in [-0.1, -0.05) is 11.2 Å². The van der Waals surface area contributed by atoms with E-state index in [2.05, 4.69) is 10.1 Å². The van der Waals surface area contributed by atoms with Crippen molar-refractivity contribution in [3.63, 3.8) is 0 Å². The van der Waals surface area contributed by atoms with E-state index in [-0.39, 0.29) is 11.7 Å². The van der Waals surface area contributed by atoms with Crippen molar-refractivity contribution in [1.82, 2.24) is 9.88 Å². The van der Waals surface area contributed by atoms with Crippen molar-refractivity contribution >= 4 is 11.7 Å². The van der Waals surface area contributed by atoms with Crippen molar-refractivity contribution in [3.05, 3.63) is 30.1 Å². The molecule has 1 aromatic rings. The molecule has 1 aromatic heterocycles. The number of oxime groups is 1. The first-order chi connectivity index (χ1) is 8.93. The van der Waals surface area contributed by atoms with Gasteiger partial charge >= 0.3 is 0 Å². The van der Waals surface area contributed by atoms with Gasteiger partial charge in [-0.25, -0.2) is 0 Å². The van der Waals surface area contributed by atoms with E-state index in [0.717, 1.165) is 5.69 Å². The molecule has 104 valence electrons. The van der Waals surface area contributed by atoms with Gasteiger partial charge in [0.1, 0.15) is 5.41 Å². The number of aromatic nitrogens is 1. The molecule has 0 spiro atoms. The highest BCUT2D eigenvalue weighted by molar-refractivity contribution is 6.05. The van der Waals surface area contributed by atoms with Gasteiger partial charge in [0.25, 0.3) is 0 Å². The Bertz CT molecular complexity index is 457. The molecular weight excluding hydrogens is 244 g/mol. The minimum atomic E-state index is -1.04. The average molecular weight is 264 g/mol. The van der Waals surface area contributed by atoms with Crippen molar-refractivity contribution in [3.8, 4) is 0 Å². The Morgan fingerprint density at radius 3 is 2.68 bits per heavy atom. The second kappa shape index (κ2) is 6.17. The monoisotopic (exact) mass is 264 g/mol. The van der Waals surface area contributed by atoms with Gasteiger partial charge in [-0.15, -0.1) is 0 Å². The first kappa shape index (κ1) is 14.9. The molecule has 0 atom stereocenters. The summed E-state index contributed by atoms with van der Waals surface area (Å²) < 4.78 is 0. The third kappa shape index (κ3) is 3.43. The number of hydrogen-bond acceptors (Lipinski definition) is 4. The van der Waals surface area contributed by atoms with Gasteiger partial charge in [-0.05, 0) is 32.9 Å². The second-order valence-electron chi connectivity index (χ2n) is 4.75. The SMILES string of the molecule is CCN(Cc1ccccn1)C(=O)C(C)(C)C(N)=NO. The van der Waals surface area contributed by atoms with E-state index in [9.17, 15) is 4.79 Å². The highest BCUT2D eigenvalue weighted by atomic mass is 16.4. The summed E-state index contributed by atoms with van der Waals surface area (Å²) >= 11 is 0. The molecule has 0 aliphatic heterocycles. The van der Waals surface area contributed by atoms with Crippen molar-refractivity contribution in [2.75, 3.05) is 6.54 Å². The van der Waals surface area contributed by atoms with Crippen LogP contribution in [0.1, 0.15) is 26.5 Å².